The second-order valence-corrected chi connectivity index (χ2v) is 13.8. The summed E-state index contributed by atoms with van der Waals surface area (Å²) >= 11 is 40.3. The second-order valence-electron chi connectivity index (χ2n) is 10.5. The monoisotopic (exact) mass is 642 g/mol. The lowest BCUT2D eigenvalue weighted by Gasteiger charge is -2.42. The van der Waals surface area contributed by atoms with Crippen LogP contribution in [0.2, 0.25) is 0 Å². The van der Waals surface area contributed by atoms with Gasteiger partial charge in [-0.05, 0) is 61.1 Å². The van der Waals surface area contributed by atoms with Crippen molar-refractivity contribution in [1.29, 1.82) is 0 Å². The highest BCUT2D eigenvalue weighted by molar-refractivity contribution is 6.65. The van der Waals surface area contributed by atoms with Crippen LogP contribution in [0.3, 0.4) is 0 Å². The van der Waals surface area contributed by atoms with Crippen LogP contribution >= 0.6 is 69.6 Å². The molecule has 0 spiro atoms. The molecule has 0 aromatic heterocycles. The van der Waals surface area contributed by atoms with Crippen molar-refractivity contribution in [3.8, 4) is 0 Å². The zero-order valence-corrected chi connectivity index (χ0v) is 24.2. The van der Waals surface area contributed by atoms with E-state index < -0.39 is 49.6 Å². The summed E-state index contributed by atoms with van der Waals surface area (Å²) in [4.78, 5) is 52.1. The van der Waals surface area contributed by atoms with Crippen LogP contribution in [0.25, 0.3) is 0 Å². The minimum atomic E-state index is -1.73. The highest BCUT2D eigenvalue weighted by Gasteiger charge is 2.83. The third-order valence-corrected chi connectivity index (χ3v) is 13.3. The highest BCUT2D eigenvalue weighted by Crippen LogP contribution is 2.79. The third kappa shape index (κ3) is 2.88. The molecule has 0 N–H and O–H groups in total. The lowest BCUT2D eigenvalue weighted by molar-refractivity contribution is -0.122. The van der Waals surface area contributed by atoms with Crippen LogP contribution in [0.5, 0.6) is 0 Å². The highest BCUT2D eigenvalue weighted by atomic mass is 35.5. The average Bonchev–Trinajstić information content (AvgIpc) is 3.41. The number of rotatable bonds is 2. The molecule has 12 heteroatoms. The number of halogens is 6. The van der Waals surface area contributed by atoms with Crippen LogP contribution in [-0.4, -0.2) is 37.7 Å². The van der Waals surface area contributed by atoms with E-state index in [0.29, 0.717) is 22.5 Å². The van der Waals surface area contributed by atoms with E-state index in [-0.39, 0.29) is 34.7 Å². The van der Waals surface area contributed by atoms with E-state index in [9.17, 15) is 19.2 Å². The molecule has 6 nitrogen and oxygen atoms in total. The molecule has 2 heterocycles. The molecule has 0 radical (unpaired) electrons. The van der Waals surface area contributed by atoms with Crippen molar-refractivity contribution < 1.29 is 19.2 Å². The van der Waals surface area contributed by atoms with Crippen molar-refractivity contribution in [2.24, 2.45) is 23.7 Å². The number of alkyl halides is 4. The fourth-order valence-electron chi connectivity index (χ4n) is 7.15. The van der Waals surface area contributed by atoms with Crippen LogP contribution in [0, 0.1) is 23.7 Å². The maximum absolute atomic E-state index is 13.6. The van der Waals surface area contributed by atoms with Gasteiger partial charge < -0.3 is 0 Å². The first-order chi connectivity index (χ1) is 18.4. The average molecular weight is 645 g/mol. The summed E-state index contributed by atoms with van der Waals surface area (Å²) in [6.45, 7) is 0. The molecule has 200 valence electrons. The summed E-state index contributed by atoms with van der Waals surface area (Å²) in [6.07, 6.45) is 0.423. The van der Waals surface area contributed by atoms with Gasteiger partial charge in [-0.3, -0.25) is 24.1 Å². The number of imide groups is 2. The summed E-state index contributed by atoms with van der Waals surface area (Å²) in [5.74, 6) is -3.93. The van der Waals surface area contributed by atoms with Gasteiger partial charge >= 0.3 is 0 Å². The van der Waals surface area contributed by atoms with Crippen molar-refractivity contribution in [1.82, 2.24) is 0 Å². The van der Waals surface area contributed by atoms with Crippen LogP contribution in [-0.2, 0) is 9.59 Å². The molecule has 4 amide bonds. The molecular formula is C27H16Cl6N2O4. The molecule has 7 rings (SSSR count). The number of hydrogen-bond donors (Lipinski definition) is 0. The first kappa shape index (κ1) is 26.1. The molecule has 6 atom stereocenters. The number of benzene rings is 2. The maximum Gasteiger partial charge on any atom is 0.266 e. The van der Waals surface area contributed by atoms with Gasteiger partial charge in [0, 0.05) is 0 Å². The molecule has 3 fully saturated rings. The molecule has 2 bridgehead atoms. The Morgan fingerprint density at radius 3 is 1.41 bits per heavy atom. The Bertz CT molecular complexity index is 1490. The Morgan fingerprint density at radius 2 is 1.00 bits per heavy atom. The van der Waals surface area contributed by atoms with Crippen molar-refractivity contribution in [3.63, 3.8) is 0 Å². The van der Waals surface area contributed by atoms with Crippen LogP contribution in [0.1, 0.15) is 33.6 Å². The Hall–Kier alpha value is -1.80. The molecule has 0 unspecified atom stereocenters. The minimum absolute atomic E-state index is 0.0721. The van der Waals surface area contributed by atoms with Gasteiger partial charge in [0.25, 0.3) is 11.8 Å². The van der Waals surface area contributed by atoms with E-state index in [1.807, 2.05) is 0 Å². The predicted molar refractivity (Wildman–Crippen MR) is 150 cm³/mol. The van der Waals surface area contributed by atoms with Gasteiger partial charge in [-0.15, -0.1) is 23.2 Å². The fourth-order valence-corrected chi connectivity index (χ4v) is 10.3. The van der Waals surface area contributed by atoms with Crippen molar-refractivity contribution in [2.45, 2.75) is 26.9 Å². The molecule has 3 aliphatic carbocycles. The SMILES string of the molecule is O=C1c2ccccc2C(=O)N1c1ccc(N2C(=O)[C@H]3C[C@@H]4[C@@H](C[C@@H]3C2=O)[C@]2(Cl)C(Cl)=C(Cl)[C@]4(Cl)C2(Cl)Cl)cc1. The molecular weight excluding hydrogens is 629 g/mol. The van der Waals surface area contributed by atoms with Crippen molar-refractivity contribution in [3.05, 3.63) is 69.7 Å². The third-order valence-electron chi connectivity index (χ3n) is 8.99. The summed E-state index contributed by atoms with van der Waals surface area (Å²) in [6, 6.07) is 12.7. The first-order valence-electron chi connectivity index (χ1n) is 12.1. The van der Waals surface area contributed by atoms with Crippen LogP contribution < -0.4 is 9.80 Å². The van der Waals surface area contributed by atoms with E-state index in [0.717, 1.165) is 9.80 Å². The standard InChI is InChI=1S/C27H16Cl6N2O4/c28-19-20(29)26(31)18-10-16-15(9-17(18)25(19,30)27(26,32)33)23(38)35(24(16)39)12-7-5-11(6-8-12)34-21(36)13-3-1-2-4-14(13)22(34)37/h1-8,15-18H,9-10H2/t15-,16-,17+,18+,25-,26-/m0/s1. The van der Waals surface area contributed by atoms with Crippen molar-refractivity contribution in [2.75, 3.05) is 9.80 Å². The molecule has 2 aliphatic heterocycles. The Labute approximate surface area is 252 Å². The van der Waals surface area contributed by atoms with Crippen molar-refractivity contribution >= 4 is 105 Å². The molecule has 2 saturated carbocycles. The number of carbonyl (C=O) groups excluding carboxylic acids is 4. The molecule has 2 aromatic rings. The largest absolute Gasteiger partial charge is 0.274 e. The van der Waals surface area contributed by atoms with E-state index in [4.69, 9.17) is 69.6 Å². The summed E-state index contributed by atoms with van der Waals surface area (Å²) in [7, 11) is 0. The fraction of sp³-hybridized carbons (Fsp3) is 0.333. The molecule has 5 aliphatic rings. The first-order valence-corrected chi connectivity index (χ1v) is 14.4. The topological polar surface area (TPSA) is 74.8 Å². The maximum atomic E-state index is 13.6. The smallest absolute Gasteiger partial charge is 0.266 e. The van der Waals surface area contributed by atoms with E-state index in [2.05, 4.69) is 0 Å². The van der Waals surface area contributed by atoms with Crippen LogP contribution in [0.4, 0.5) is 11.4 Å². The zero-order chi connectivity index (χ0) is 27.8. The lowest BCUT2D eigenvalue weighted by Crippen LogP contribution is -2.44. The normalized spacial score (nSPS) is 36.2. The van der Waals surface area contributed by atoms with Gasteiger partial charge in [0.15, 0.2) is 4.33 Å². The number of fused-ring (bicyclic) bond motifs is 7. The van der Waals surface area contributed by atoms with Gasteiger partial charge in [-0.1, -0.05) is 58.5 Å². The molecule has 2 aromatic carbocycles. The Morgan fingerprint density at radius 1 is 0.615 bits per heavy atom. The Kier molecular flexibility index (Phi) is 5.46. The van der Waals surface area contributed by atoms with E-state index in [1.165, 1.54) is 12.1 Å². The molecule has 1 saturated heterocycles. The van der Waals surface area contributed by atoms with Gasteiger partial charge in [0.1, 0.15) is 9.75 Å². The van der Waals surface area contributed by atoms with Gasteiger partial charge in [0.05, 0.1) is 44.4 Å². The summed E-state index contributed by atoms with van der Waals surface area (Å²) < 4.78 is -1.73. The minimum Gasteiger partial charge on any atom is -0.274 e. The lowest BCUT2D eigenvalue weighted by atomic mass is 9.65. The molecule has 39 heavy (non-hydrogen) atoms. The van der Waals surface area contributed by atoms with Gasteiger partial charge in [0.2, 0.25) is 11.8 Å². The van der Waals surface area contributed by atoms with Crippen LogP contribution in [0.15, 0.2) is 58.6 Å². The van der Waals surface area contributed by atoms with E-state index >= 15 is 0 Å². The number of carbonyl (C=O) groups is 4. The predicted octanol–water partition coefficient (Wildman–Crippen LogP) is 6.46. The number of nitrogens with zero attached hydrogens (tertiary/aromatic N) is 2. The number of hydrogen-bond acceptors (Lipinski definition) is 4. The van der Waals surface area contributed by atoms with Gasteiger partial charge in [-0.25, -0.2) is 4.90 Å². The van der Waals surface area contributed by atoms with Gasteiger partial charge in [-0.2, -0.15) is 0 Å². The Balaban J connectivity index is 1.18. The zero-order valence-electron chi connectivity index (χ0n) is 19.6. The summed E-state index contributed by atoms with van der Waals surface area (Å²) in [5, 5.41) is 0.144. The van der Waals surface area contributed by atoms with E-state index in [1.54, 1.807) is 36.4 Å². The number of amides is 4. The summed E-state index contributed by atoms with van der Waals surface area (Å²) in [5.41, 5.74) is 1.30. The quantitative estimate of drug-likeness (QED) is 0.278. The number of anilines is 2. The second kappa shape index (κ2) is 8.15. The number of allylic oxidation sites excluding steroid dienone is 2.